The molecule has 12 heteroatoms. The van der Waals surface area contributed by atoms with Gasteiger partial charge >= 0.3 is 6.18 Å². The lowest BCUT2D eigenvalue weighted by Gasteiger charge is -2.40. The van der Waals surface area contributed by atoms with Crippen LogP contribution in [0.1, 0.15) is 18.4 Å². The van der Waals surface area contributed by atoms with E-state index < -0.39 is 24.2 Å². The summed E-state index contributed by atoms with van der Waals surface area (Å²) in [5.41, 5.74) is -0.0409. The molecule has 3 rings (SSSR count). The first-order valence-electron chi connectivity index (χ1n) is 8.83. The van der Waals surface area contributed by atoms with E-state index in [2.05, 4.69) is 15.1 Å². The van der Waals surface area contributed by atoms with Crippen LogP contribution in [0.3, 0.4) is 0 Å². The monoisotopic (exact) mass is 416 g/mol. The maximum absolute atomic E-state index is 12.6. The van der Waals surface area contributed by atoms with Gasteiger partial charge in [0.25, 0.3) is 6.47 Å². The molecular weight excluding hydrogens is 393 g/mol. The first kappa shape index (κ1) is 22.4. The maximum Gasteiger partial charge on any atom is 0.405 e. The van der Waals surface area contributed by atoms with Gasteiger partial charge in [0.1, 0.15) is 12.1 Å². The quantitative estimate of drug-likeness (QED) is 0.705. The van der Waals surface area contributed by atoms with E-state index in [-0.39, 0.29) is 6.47 Å². The summed E-state index contributed by atoms with van der Waals surface area (Å²) < 4.78 is 40.7. The van der Waals surface area contributed by atoms with Crippen molar-refractivity contribution >= 4 is 12.4 Å². The highest BCUT2D eigenvalue weighted by atomic mass is 19.4. The van der Waals surface area contributed by atoms with Crippen LogP contribution in [0.2, 0.25) is 0 Å². The number of hydrogen-bond acceptors (Lipinski definition) is 5. The Morgan fingerprint density at radius 2 is 2.00 bits per heavy atom. The molecular formula is C17H23F3N6O3. The van der Waals surface area contributed by atoms with Gasteiger partial charge in [0, 0.05) is 50.8 Å². The average molecular weight is 416 g/mol. The lowest BCUT2D eigenvalue weighted by molar-refractivity contribution is -0.146. The summed E-state index contributed by atoms with van der Waals surface area (Å²) >= 11 is 0. The number of amides is 1. The van der Waals surface area contributed by atoms with Crippen LogP contribution in [0, 0.1) is 0 Å². The summed E-state index contributed by atoms with van der Waals surface area (Å²) in [4.78, 5) is 23.2. The minimum absolute atomic E-state index is 0.250. The van der Waals surface area contributed by atoms with Crippen LogP contribution >= 0.6 is 0 Å². The summed E-state index contributed by atoms with van der Waals surface area (Å²) in [5, 5.41) is 17.2. The number of aromatic nitrogens is 4. The fourth-order valence-electron chi connectivity index (χ4n) is 3.32. The minimum Gasteiger partial charge on any atom is -0.483 e. The molecule has 0 unspecified atom stereocenters. The Bertz CT molecular complexity index is 783. The van der Waals surface area contributed by atoms with Crippen molar-refractivity contribution in [3.05, 3.63) is 36.4 Å². The fraction of sp³-hybridized carbons (Fsp3) is 0.529. The molecule has 0 spiro atoms. The SMILES string of the molecule is Cn1cc(CN2CCC(C(=O)NCC(F)(F)F)(n3cccn3)CC2)cn1.O=CO. The molecule has 29 heavy (non-hydrogen) atoms. The predicted octanol–water partition coefficient (Wildman–Crippen LogP) is 0.987. The Hall–Kier alpha value is -2.89. The molecule has 0 aliphatic carbocycles. The van der Waals surface area contributed by atoms with Gasteiger partial charge in [-0.2, -0.15) is 23.4 Å². The summed E-state index contributed by atoms with van der Waals surface area (Å²) in [6.45, 7) is 0.254. The molecule has 9 nitrogen and oxygen atoms in total. The first-order valence-corrected chi connectivity index (χ1v) is 8.83. The van der Waals surface area contributed by atoms with Crippen LogP contribution in [-0.2, 0) is 28.7 Å². The zero-order chi connectivity index (χ0) is 21.5. The van der Waals surface area contributed by atoms with E-state index in [1.807, 2.05) is 18.6 Å². The van der Waals surface area contributed by atoms with Crippen LogP contribution < -0.4 is 5.32 Å². The van der Waals surface area contributed by atoms with Gasteiger partial charge in [-0.1, -0.05) is 0 Å². The normalized spacial score (nSPS) is 16.6. The molecule has 2 N–H and O–H groups in total. The number of likely N-dealkylation sites (tertiary alicyclic amines) is 1. The molecule has 0 radical (unpaired) electrons. The van der Waals surface area contributed by atoms with Crippen molar-refractivity contribution in [1.82, 2.24) is 29.8 Å². The predicted molar refractivity (Wildman–Crippen MR) is 95.7 cm³/mol. The van der Waals surface area contributed by atoms with Gasteiger partial charge in [0.2, 0.25) is 5.91 Å². The second kappa shape index (κ2) is 9.54. The van der Waals surface area contributed by atoms with Crippen LogP contribution in [0.4, 0.5) is 13.2 Å². The Balaban J connectivity index is 0.000000941. The van der Waals surface area contributed by atoms with Crippen molar-refractivity contribution in [3.8, 4) is 0 Å². The second-order valence-corrected chi connectivity index (χ2v) is 6.68. The molecule has 1 saturated heterocycles. The highest BCUT2D eigenvalue weighted by Gasteiger charge is 2.44. The first-order chi connectivity index (χ1) is 13.7. The third-order valence-corrected chi connectivity index (χ3v) is 4.66. The Morgan fingerprint density at radius 3 is 2.48 bits per heavy atom. The van der Waals surface area contributed by atoms with Gasteiger partial charge in [-0.05, 0) is 18.9 Å². The Morgan fingerprint density at radius 1 is 1.34 bits per heavy atom. The van der Waals surface area contributed by atoms with E-state index in [0.29, 0.717) is 32.5 Å². The number of carbonyl (C=O) groups excluding carboxylic acids is 1. The second-order valence-electron chi connectivity index (χ2n) is 6.68. The van der Waals surface area contributed by atoms with E-state index >= 15 is 0 Å². The van der Waals surface area contributed by atoms with Crippen LogP contribution in [0.25, 0.3) is 0 Å². The summed E-state index contributed by atoms with van der Waals surface area (Å²) in [7, 11) is 1.84. The van der Waals surface area contributed by atoms with Gasteiger partial charge in [-0.25, -0.2) is 0 Å². The highest BCUT2D eigenvalue weighted by molar-refractivity contribution is 5.84. The highest BCUT2D eigenvalue weighted by Crippen LogP contribution is 2.31. The number of piperidine rings is 1. The molecule has 0 bridgehead atoms. The van der Waals surface area contributed by atoms with Gasteiger partial charge in [0.15, 0.2) is 0 Å². The van der Waals surface area contributed by atoms with E-state index in [1.165, 1.54) is 10.9 Å². The number of halogens is 3. The molecule has 2 aromatic rings. The zero-order valence-electron chi connectivity index (χ0n) is 15.8. The lowest BCUT2D eigenvalue weighted by Crippen LogP contribution is -2.56. The molecule has 0 aromatic carbocycles. The van der Waals surface area contributed by atoms with Gasteiger partial charge in [-0.15, -0.1) is 0 Å². The summed E-state index contributed by atoms with van der Waals surface area (Å²) in [6.07, 6.45) is 3.20. The van der Waals surface area contributed by atoms with Crippen molar-refractivity contribution in [2.75, 3.05) is 19.6 Å². The number of alkyl halides is 3. The van der Waals surface area contributed by atoms with E-state index in [0.717, 1.165) is 5.56 Å². The Kier molecular flexibility index (Phi) is 7.37. The smallest absolute Gasteiger partial charge is 0.405 e. The zero-order valence-corrected chi connectivity index (χ0v) is 15.8. The number of hydrogen-bond donors (Lipinski definition) is 2. The van der Waals surface area contributed by atoms with E-state index in [4.69, 9.17) is 9.90 Å². The molecule has 1 fully saturated rings. The van der Waals surface area contributed by atoms with Gasteiger partial charge < -0.3 is 10.4 Å². The molecule has 1 aliphatic rings. The van der Waals surface area contributed by atoms with Gasteiger partial charge in [-0.3, -0.25) is 23.9 Å². The number of carbonyl (C=O) groups is 2. The van der Waals surface area contributed by atoms with Crippen molar-refractivity contribution < 1.29 is 27.9 Å². The van der Waals surface area contributed by atoms with E-state index in [1.54, 1.807) is 23.1 Å². The number of nitrogens with one attached hydrogen (secondary N) is 1. The van der Waals surface area contributed by atoms with Crippen LogP contribution in [-0.4, -0.2) is 67.8 Å². The van der Waals surface area contributed by atoms with Gasteiger partial charge in [0.05, 0.1) is 6.20 Å². The summed E-state index contributed by atoms with van der Waals surface area (Å²) in [5.74, 6) is -0.639. The van der Waals surface area contributed by atoms with Crippen molar-refractivity contribution in [2.45, 2.75) is 31.1 Å². The average Bonchev–Trinajstić information content (AvgIpc) is 3.33. The Labute approximate surface area is 165 Å². The maximum atomic E-state index is 12.6. The molecule has 1 amide bonds. The molecule has 0 saturated carbocycles. The van der Waals surface area contributed by atoms with Crippen LogP contribution in [0.15, 0.2) is 30.9 Å². The molecule has 1 aliphatic heterocycles. The molecule has 160 valence electrons. The lowest BCUT2D eigenvalue weighted by atomic mass is 9.86. The van der Waals surface area contributed by atoms with Crippen molar-refractivity contribution in [1.29, 1.82) is 0 Å². The number of carboxylic acid groups (broad SMARTS) is 1. The largest absolute Gasteiger partial charge is 0.483 e. The number of aryl methyl sites for hydroxylation is 1. The standard InChI is InChI=1S/C16H21F3N6O.CH2O2/c1-23-10-13(9-22-23)11-24-7-3-15(4-8-24,25-6-2-5-21-25)14(26)20-12-16(17,18)19;2-1-3/h2,5-6,9-10H,3-4,7-8,11-12H2,1H3,(H,20,26);1H,(H,2,3). The molecule has 2 aromatic heterocycles. The van der Waals surface area contributed by atoms with Crippen molar-refractivity contribution in [3.63, 3.8) is 0 Å². The fourth-order valence-corrected chi connectivity index (χ4v) is 3.32. The topological polar surface area (TPSA) is 105 Å². The summed E-state index contributed by atoms with van der Waals surface area (Å²) in [6, 6.07) is 1.67. The minimum atomic E-state index is -4.44. The third kappa shape index (κ3) is 6.04. The number of rotatable bonds is 5. The van der Waals surface area contributed by atoms with Crippen LogP contribution in [0.5, 0.6) is 0 Å². The molecule has 3 heterocycles. The van der Waals surface area contributed by atoms with E-state index in [9.17, 15) is 18.0 Å². The van der Waals surface area contributed by atoms with Crippen molar-refractivity contribution in [2.24, 2.45) is 7.05 Å². The number of nitrogens with zero attached hydrogens (tertiary/aromatic N) is 5. The third-order valence-electron chi connectivity index (χ3n) is 4.66. The molecule has 0 atom stereocenters.